The van der Waals surface area contributed by atoms with Crippen LogP contribution in [-0.4, -0.2) is 12.6 Å². The van der Waals surface area contributed by atoms with Gasteiger partial charge < -0.3 is 11.1 Å². The van der Waals surface area contributed by atoms with Crippen molar-refractivity contribution in [3.8, 4) is 0 Å². The van der Waals surface area contributed by atoms with Crippen LogP contribution < -0.4 is 11.1 Å². The van der Waals surface area contributed by atoms with E-state index in [0.29, 0.717) is 18.7 Å². The molecule has 0 saturated heterocycles. The number of halogens is 2. The van der Waals surface area contributed by atoms with Gasteiger partial charge in [0, 0.05) is 29.7 Å². The fraction of sp³-hybridized carbons (Fsp3) is 0.250. The fourth-order valence-electron chi connectivity index (χ4n) is 2.04. The molecule has 0 radical (unpaired) electrons. The minimum Gasteiger partial charge on any atom is -0.329 e. The molecule has 0 aliphatic carbocycles. The predicted molar refractivity (Wildman–Crippen MR) is 81.2 cm³/mol. The monoisotopic (exact) mass is 292 g/mol. The molecule has 0 aliphatic heterocycles. The second kappa shape index (κ2) is 7.39. The summed E-state index contributed by atoms with van der Waals surface area (Å²) in [6.07, 6.45) is 0.794. The standard InChI is InChI=1S/C16H18ClFN2/c17-14-7-5-12(6-8-14)9-15(10-19)20-11-13-3-1-2-4-16(13)18/h1-8,15,20H,9-11,19H2. The highest BCUT2D eigenvalue weighted by atomic mass is 35.5. The van der Waals surface area contributed by atoms with Crippen LogP contribution in [-0.2, 0) is 13.0 Å². The van der Waals surface area contributed by atoms with Crippen molar-refractivity contribution < 1.29 is 4.39 Å². The Morgan fingerprint density at radius 3 is 2.45 bits per heavy atom. The first-order valence-corrected chi connectivity index (χ1v) is 6.98. The first-order valence-electron chi connectivity index (χ1n) is 6.60. The molecule has 2 rings (SSSR count). The molecule has 0 aromatic heterocycles. The number of nitrogens with one attached hydrogen (secondary N) is 1. The van der Waals surface area contributed by atoms with E-state index in [1.165, 1.54) is 6.07 Å². The normalized spacial score (nSPS) is 12.3. The number of hydrogen-bond acceptors (Lipinski definition) is 2. The Bertz CT molecular complexity index is 542. The van der Waals surface area contributed by atoms with Crippen molar-refractivity contribution in [3.63, 3.8) is 0 Å². The molecule has 1 unspecified atom stereocenters. The maximum absolute atomic E-state index is 13.5. The van der Waals surface area contributed by atoms with Crippen molar-refractivity contribution in [2.24, 2.45) is 5.73 Å². The van der Waals surface area contributed by atoms with E-state index in [4.69, 9.17) is 17.3 Å². The highest BCUT2D eigenvalue weighted by Crippen LogP contribution is 2.11. The average molecular weight is 293 g/mol. The minimum absolute atomic E-state index is 0.107. The Balaban J connectivity index is 1.92. The first-order chi connectivity index (χ1) is 9.69. The van der Waals surface area contributed by atoms with Gasteiger partial charge in [-0.3, -0.25) is 0 Å². The molecule has 0 amide bonds. The van der Waals surface area contributed by atoms with Crippen LogP contribution in [0.3, 0.4) is 0 Å². The van der Waals surface area contributed by atoms with E-state index < -0.39 is 0 Å². The third-order valence-electron chi connectivity index (χ3n) is 3.22. The molecule has 1 atom stereocenters. The largest absolute Gasteiger partial charge is 0.329 e. The van der Waals surface area contributed by atoms with Crippen LogP contribution in [0.15, 0.2) is 48.5 Å². The predicted octanol–water partition coefficient (Wildman–Crippen LogP) is 3.14. The summed E-state index contributed by atoms with van der Waals surface area (Å²) < 4.78 is 13.5. The van der Waals surface area contributed by atoms with Gasteiger partial charge in [0.25, 0.3) is 0 Å². The van der Waals surface area contributed by atoms with E-state index in [1.54, 1.807) is 12.1 Å². The van der Waals surface area contributed by atoms with E-state index in [0.717, 1.165) is 17.0 Å². The van der Waals surface area contributed by atoms with Crippen LogP contribution in [0.1, 0.15) is 11.1 Å². The highest BCUT2D eigenvalue weighted by Gasteiger charge is 2.08. The lowest BCUT2D eigenvalue weighted by molar-refractivity contribution is 0.502. The van der Waals surface area contributed by atoms with Crippen LogP contribution >= 0.6 is 11.6 Å². The van der Waals surface area contributed by atoms with Crippen molar-refractivity contribution in [3.05, 3.63) is 70.5 Å². The lowest BCUT2D eigenvalue weighted by Crippen LogP contribution is -2.37. The summed E-state index contributed by atoms with van der Waals surface area (Å²) in [5.41, 5.74) is 7.58. The summed E-state index contributed by atoms with van der Waals surface area (Å²) in [4.78, 5) is 0. The lowest BCUT2D eigenvalue weighted by Gasteiger charge is -2.17. The van der Waals surface area contributed by atoms with Gasteiger partial charge in [-0.05, 0) is 30.2 Å². The molecule has 2 nitrogen and oxygen atoms in total. The summed E-state index contributed by atoms with van der Waals surface area (Å²) in [7, 11) is 0. The Hall–Kier alpha value is -1.42. The highest BCUT2D eigenvalue weighted by molar-refractivity contribution is 6.30. The quantitative estimate of drug-likeness (QED) is 0.858. The molecule has 20 heavy (non-hydrogen) atoms. The van der Waals surface area contributed by atoms with Crippen LogP contribution in [0.5, 0.6) is 0 Å². The summed E-state index contributed by atoms with van der Waals surface area (Å²) >= 11 is 5.86. The third-order valence-corrected chi connectivity index (χ3v) is 3.47. The van der Waals surface area contributed by atoms with Gasteiger partial charge in [-0.2, -0.15) is 0 Å². The Morgan fingerprint density at radius 2 is 1.80 bits per heavy atom. The van der Waals surface area contributed by atoms with Crippen molar-refractivity contribution in [1.82, 2.24) is 5.32 Å². The SMILES string of the molecule is NCC(Cc1ccc(Cl)cc1)NCc1ccccc1F. The minimum atomic E-state index is -0.192. The van der Waals surface area contributed by atoms with E-state index >= 15 is 0 Å². The fourth-order valence-corrected chi connectivity index (χ4v) is 2.17. The van der Waals surface area contributed by atoms with Gasteiger partial charge in [-0.1, -0.05) is 41.9 Å². The Labute approximate surface area is 123 Å². The van der Waals surface area contributed by atoms with Crippen molar-refractivity contribution in [1.29, 1.82) is 0 Å². The molecule has 0 fully saturated rings. The maximum atomic E-state index is 13.5. The van der Waals surface area contributed by atoms with E-state index in [1.807, 2.05) is 30.3 Å². The molecule has 3 N–H and O–H groups in total. The molecule has 0 saturated carbocycles. The van der Waals surface area contributed by atoms with Crippen LogP contribution in [0.4, 0.5) is 4.39 Å². The third kappa shape index (κ3) is 4.30. The molecule has 0 aliphatic rings. The lowest BCUT2D eigenvalue weighted by atomic mass is 10.1. The van der Waals surface area contributed by atoms with Crippen molar-refractivity contribution in [2.75, 3.05) is 6.54 Å². The van der Waals surface area contributed by atoms with Crippen LogP contribution in [0, 0.1) is 5.82 Å². The summed E-state index contributed by atoms with van der Waals surface area (Å²) in [6, 6.07) is 14.6. The zero-order valence-corrected chi connectivity index (χ0v) is 11.9. The number of benzene rings is 2. The molecule has 106 valence electrons. The van der Waals surface area contributed by atoms with Gasteiger partial charge in [-0.25, -0.2) is 4.39 Å². The molecule has 0 spiro atoms. The number of nitrogens with two attached hydrogens (primary N) is 1. The number of rotatable bonds is 6. The topological polar surface area (TPSA) is 38.0 Å². The second-order valence-corrected chi connectivity index (χ2v) is 5.17. The molecule has 4 heteroatoms. The van der Waals surface area contributed by atoms with E-state index in [-0.39, 0.29) is 11.9 Å². The average Bonchev–Trinajstić information content (AvgIpc) is 2.47. The van der Waals surface area contributed by atoms with Gasteiger partial charge in [0.1, 0.15) is 5.82 Å². The molecular formula is C16H18ClFN2. The van der Waals surface area contributed by atoms with Crippen LogP contribution in [0.25, 0.3) is 0 Å². The second-order valence-electron chi connectivity index (χ2n) is 4.74. The van der Waals surface area contributed by atoms with Crippen LogP contribution in [0.2, 0.25) is 5.02 Å². The van der Waals surface area contributed by atoms with Gasteiger partial charge >= 0.3 is 0 Å². The van der Waals surface area contributed by atoms with Gasteiger partial charge in [0.2, 0.25) is 0 Å². The van der Waals surface area contributed by atoms with Gasteiger partial charge in [-0.15, -0.1) is 0 Å². The summed E-state index contributed by atoms with van der Waals surface area (Å²) in [5.74, 6) is -0.192. The summed E-state index contributed by atoms with van der Waals surface area (Å²) in [6.45, 7) is 0.971. The molecule has 0 bridgehead atoms. The van der Waals surface area contributed by atoms with E-state index in [9.17, 15) is 4.39 Å². The number of hydrogen-bond donors (Lipinski definition) is 2. The van der Waals surface area contributed by atoms with Gasteiger partial charge in [0.15, 0.2) is 0 Å². The Morgan fingerprint density at radius 1 is 1.10 bits per heavy atom. The molecule has 2 aromatic carbocycles. The zero-order valence-electron chi connectivity index (χ0n) is 11.2. The zero-order chi connectivity index (χ0) is 14.4. The van der Waals surface area contributed by atoms with Crippen molar-refractivity contribution in [2.45, 2.75) is 19.0 Å². The van der Waals surface area contributed by atoms with Crippen molar-refractivity contribution >= 4 is 11.6 Å². The summed E-state index contributed by atoms with van der Waals surface area (Å²) in [5, 5.41) is 4.01. The maximum Gasteiger partial charge on any atom is 0.127 e. The molecule has 0 heterocycles. The smallest absolute Gasteiger partial charge is 0.127 e. The van der Waals surface area contributed by atoms with Gasteiger partial charge in [0.05, 0.1) is 0 Å². The van der Waals surface area contributed by atoms with E-state index in [2.05, 4.69) is 5.32 Å². The Kier molecular flexibility index (Phi) is 5.53. The molecular weight excluding hydrogens is 275 g/mol. The first kappa shape index (κ1) is 15.0. The molecule has 2 aromatic rings.